The standard InChI is InChI=1S/C12H10N2O7/c1-19-11(17)7-3-4(8(14-13-7)12(18)20-2)6-5(3)9(15)21-10(6)16/h3-6H,1-2H3. The van der Waals surface area contributed by atoms with Gasteiger partial charge in [0.05, 0.1) is 26.1 Å². The lowest BCUT2D eigenvalue weighted by Gasteiger charge is -2.44. The molecule has 9 nitrogen and oxygen atoms in total. The molecule has 3 rings (SSSR count). The van der Waals surface area contributed by atoms with Gasteiger partial charge < -0.3 is 14.2 Å². The van der Waals surface area contributed by atoms with Crippen LogP contribution in [-0.2, 0) is 33.4 Å². The lowest BCUT2D eigenvalue weighted by molar-refractivity contribution is -0.153. The van der Waals surface area contributed by atoms with Gasteiger partial charge in [-0.05, 0) is 0 Å². The van der Waals surface area contributed by atoms with Crippen molar-refractivity contribution < 1.29 is 33.4 Å². The number of nitrogens with zero attached hydrogens (tertiary/aromatic N) is 2. The molecule has 21 heavy (non-hydrogen) atoms. The molecule has 3 aliphatic rings. The van der Waals surface area contributed by atoms with E-state index in [1.807, 2.05) is 0 Å². The molecule has 1 saturated heterocycles. The van der Waals surface area contributed by atoms with Gasteiger partial charge in [-0.2, -0.15) is 0 Å². The molecule has 0 aromatic carbocycles. The Bertz CT molecular complexity index is 582. The van der Waals surface area contributed by atoms with Crippen molar-refractivity contribution >= 4 is 35.3 Å². The van der Waals surface area contributed by atoms with Crippen LogP contribution < -0.4 is 0 Å². The van der Waals surface area contributed by atoms with Crippen molar-refractivity contribution in [2.75, 3.05) is 14.2 Å². The van der Waals surface area contributed by atoms with Gasteiger partial charge in [0.15, 0.2) is 11.4 Å². The fraction of sp³-hybridized carbons (Fsp3) is 0.500. The summed E-state index contributed by atoms with van der Waals surface area (Å²) in [7, 11) is 2.32. The summed E-state index contributed by atoms with van der Waals surface area (Å²) < 4.78 is 13.7. The van der Waals surface area contributed by atoms with Crippen LogP contribution in [-0.4, -0.2) is 49.5 Å². The van der Waals surface area contributed by atoms with Crippen molar-refractivity contribution in [1.82, 2.24) is 0 Å². The van der Waals surface area contributed by atoms with Gasteiger partial charge in [-0.3, -0.25) is 9.59 Å². The lowest BCUT2D eigenvalue weighted by atomic mass is 9.54. The molecule has 4 unspecified atom stereocenters. The predicted octanol–water partition coefficient (Wildman–Crippen LogP) is -1.30. The van der Waals surface area contributed by atoms with Crippen LogP contribution in [0, 0.1) is 23.7 Å². The smallest absolute Gasteiger partial charge is 0.354 e. The van der Waals surface area contributed by atoms with Gasteiger partial charge in [0, 0.05) is 11.8 Å². The van der Waals surface area contributed by atoms with E-state index < -0.39 is 47.5 Å². The molecular weight excluding hydrogens is 284 g/mol. The molecule has 0 aromatic heterocycles. The molecule has 0 aromatic rings. The zero-order valence-corrected chi connectivity index (χ0v) is 11.1. The average molecular weight is 294 g/mol. The summed E-state index contributed by atoms with van der Waals surface area (Å²) >= 11 is 0. The molecule has 2 fully saturated rings. The number of esters is 4. The van der Waals surface area contributed by atoms with Crippen LogP contribution in [0.5, 0.6) is 0 Å². The molecule has 0 bridgehead atoms. The van der Waals surface area contributed by atoms with E-state index in [-0.39, 0.29) is 11.4 Å². The second kappa shape index (κ2) is 4.47. The van der Waals surface area contributed by atoms with Gasteiger partial charge in [-0.15, -0.1) is 10.2 Å². The van der Waals surface area contributed by atoms with Crippen LogP contribution in [0.3, 0.4) is 0 Å². The first-order valence-electron chi connectivity index (χ1n) is 6.08. The van der Waals surface area contributed by atoms with Crippen LogP contribution in [0.25, 0.3) is 0 Å². The summed E-state index contributed by atoms with van der Waals surface area (Å²) in [6.07, 6.45) is 0. The highest BCUT2D eigenvalue weighted by atomic mass is 16.6. The predicted molar refractivity (Wildman–Crippen MR) is 64.0 cm³/mol. The highest BCUT2D eigenvalue weighted by molar-refractivity contribution is 6.45. The second-order valence-corrected chi connectivity index (χ2v) is 4.80. The highest BCUT2D eigenvalue weighted by Crippen LogP contribution is 2.53. The van der Waals surface area contributed by atoms with E-state index in [0.29, 0.717) is 0 Å². The third-order valence-electron chi connectivity index (χ3n) is 3.98. The molecule has 9 heteroatoms. The van der Waals surface area contributed by atoms with Crippen LogP contribution >= 0.6 is 0 Å². The first-order chi connectivity index (χ1) is 10.0. The summed E-state index contributed by atoms with van der Waals surface area (Å²) in [5.41, 5.74) is -0.189. The Morgan fingerprint density at radius 1 is 0.857 bits per heavy atom. The zero-order valence-electron chi connectivity index (χ0n) is 11.1. The van der Waals surface area contributed by atoms with E-state index in [4.69, 9.17) is 0 Å². The van der Waals surface area contributed by atoms with E-state index in [9.17, 15) is 19.2 Å². The number of carbonyl (C=O) groups is 4. The Kier molecular flexibility index (Phi) is 2.85. The highest BCUT2D eigenvalue weighted by Gasteiger charge is 2.69. The van der Waals surface area contributed by atoms with E-state index in [1.54, 1.807) is 0 Å². The quantitative estimate of drug-likeness (QED) is 0.352. The normalized spacial score (nSPS) is 32.9. The molecule has 1 saturated carbocycles. The monoisotopic (exact) mass is 294 g/mol. The largest absolute Gasteiger partial charge is 0.464 e. The minimum absolute atomic E-state index is 0.0944. The number of hydrogen-bond acceptors (Lipinski definition) is 9. The fourth-order valence-electron chi connectivity index (χ4n) is 3.05. The number of cyclic esters (lactones) is 2. The van der Waals surface area contributed by atoms with Crippen molar-refractivity contribution in [3.63, 3.8) is 0 Å². The number of rotatable bonds is 2. The first kappa shape index (κ1) is 13.4. The molecule has 2 aliphatic heterocycles. The minimum atomic E-state index is -0.837. The Hall–Kier alpha value is -2.58. The zero-order chi connectivity index (χ0) is 15.3. The molecule has 0 amide bonds. The number of hydrogen-bond donors (Lipinski definition) is 0. The van der Waals surface area contributed by atoms with Crippen LogP contribution in [0.15, 0.2) is 10.2 Å². The van der Waals surface area contributed by atoms with Crippen molar-refractivity contribution in [2.45, 2.75) is 0 Å². The van der Waals surface area contributed by atoms with E-state index >= 15 is 0 Å². The number of methoxy groups -OCH3 is 2. The number of ether oxygens (including phenoxy) is 3. The Morgan fingerprint density at radius 2 is 1.24 bits per heavy atom. The third-order valence-corrected chi connectivity index (χ3v) is 3.98. The summed E-state index contributed by atoms with van der Waals surface area (Å²) in [5, 5.41) is 7.33. The summed E-state index contributed by atoms with van der Waals surface area (Å²) in [6, 6.07) is 0. The van der Waals surface area contributed by atoms with E-state index in [2.05, 4.69) is 24.4 Å². The van der Waals surface area contributed by atoms with Gasteiger partial charge in [0.25, 0.3) is 0 Å². The lowest BCUT2D eigenvalue weighted by Crippen LogP contribution is -2.59. The van der Waals surface area contributed by atoms with Gasteiger partial charge in [-0.25, -0.2) is 9.59 Å². The minimum Gasteiger partial charge on any atom is -0.464 e. The maximum Gasteiger partial charge on any atom is 0.354 e. The fourth-order valence-corrected chi connectivity index (χ4v) is 3.05. The number of fused-ring (bicyclic) bond motifs is 4. The summed E-state index contributed by atoms with van der Waals surface area (Å²) in [4.78, 5) is 46.8. The molecule has 110 valence electrons. The van der Waals surface area contributed by atoms with Gasteiger partial charge in [-0.1, -0.05) is 0 Å². The van der Waals surface area contributed by atoms with Crippen molar-refractivity contribution in [3.8, 4) is 0 Å². The van der Waals surface area contributed by atoms with E-state index in [1.165, 1.54) is 0 Å². The molecule has 0 radical (unpaired) electrons. The van der Waals surface area contributed by atoms with Crippen LogP contribution in [0.4, 0.5) is 0 Å². The molecular formula is C12H10N2O7. The van der Waals surface area contributed by atoms with Crippen molar-refractivity contribution in [3.05, 3.63) is 0 Å². The van der Waals surface area contributed by atoms with Gasteiger partial charge in [0.1, 0.15) is 0 Å². The Labute approximate surface area is 117 Å². The van der Waals surface area contributed by atoms with Crippen molar-refractivity contribution in [1.29, 1.82) is 0 Å². The second-order valence-electron chi connectivity index (χ2n) is 4.80. The SMILES string of the molecule is COC(=O)C1=NN=C(C(=O)OC)C2C3C(=O)OC(=O)C3C12. The van der Waals surface area contributed by atoms with Crippen LogP contribution in [0.2, 0.25) is 0 Å². The Morgan fingerprint density at radius 3 is 1.57 bits per heavy atom. The molecule has 1 aliphatic carbocycles. The Balaban J connectivity index is 2.05. The average Bonchev–Trinajstić information content (AvgIpc) is 2.70. The molecule has 0 N–H and O–H groups in total. The first-order valence-corrected chi connectivity index (χ1v) is 6.08. The summed E-state index contributed by atoms with van der Waals surface area (Å²) in [6.45, 7) is 0. The van der Waals surface area contributed by atoms with Gasteiger partial charge in [0.2, 0.25) is 0 Å². The maximum atomic E-state index is 11.7. The topological polar surface area (TPSA) is 121 Å². The van der Waals surface area contributed by atoms with Crippen molar-refractivity contribution in [2.24, 2.45) is 33.9 Å². The van der Waals surface area contributed by atoms with E-state index in [0.717, 1.165) is 14.2 Å². The molecule has 0 spiro atoms. The third kappa shape index (κ3) is 1.63. The molecule has 2 heterocycles. The molecule has 4 atom stereocenters. The summed E-state index contributed by atoms with van der Waals surface area (Å²) in [5.74, 6) is -6.17. The maximum absolute atomic E-state index is 11.7. The number of carbonyl (C=O) groups excluding carboxylic acids is 4. The van der Waals surface area contributed by atoms with Crippen LogP contribution in [0.1, 0.15) is 0 Å². The van der Waals surface area contributed by atoms with Gasteiger partial charge >= 0.3 is 23.9 Å².